The molecule has 0 spiro atoms. The molecule has 0 atom stereocenters. The second-order valence-corrected chi connectivity index (χ2v) is 1.56. The van der Waals surface area contributed by atoms with Crippen LogP contribution in [0.4, 0.5) is 0 Å². The normalized spacial score (nSPS) is 6.67. The largest absolute Gasteiger partial charge is 0.346 e. The molecule has 1 heteroatoms. The zero-order chi connectivity index (χ0) is 6.83. The molecule has 0 heterocycles. The molecule has 0 rings (SSSR count). The number of rotatable bonds is 3. The predicted octanol–water partition coefficient (Wildman–Crippen LogP) is 3.24. The maximum Gasteiger partial charge on any atom is 0 e. The van der Waals surface area contributed by atoms with Crippen LogP contribution in [0.5, 0.6) is 0 Å². The summed E-state index contributed by atoms with van der Waals surface area (Å²) in [6.45, 7) is 10.9. The van der Waals surface area contributed by atoms with Gasteiger partial charge in [-0.2, -0.15) is 13.3 Å². The van der Waals surface area contributed by atoms with Gasteiger partial charge in [0.05, 0.1) is 0 Å². The molecule has 1 radical (unpaired) electrons. The van der Waals surface area contributed by atoms with E-state index in [2.05, 4.69) is 20.8 Å². The van der Waals surface area contributed by atoms with E-state index >= 15 is 0 Å². The molecule has 0 aromatic heterocycles. The Labute approximate surface area is 79.2 Å². The van der Waals surface area contributed by atoms with Gasteiger partial charge in [0.1, 0.15) is 0 Å². The van der Waals surface area contributed by atoms with E-state index in [9.17, 15) is 0 Å². The van der Waals surface area contributed by atoms with E-state index in [0.29, 0.717) is 0 Å². The molecule has 0 amide bonds. The van der Waals surface area contributed by atoms with Gasteiger partial charge in [0, 0.05) is 25.8 Å². The van der Waals surface area contributed by atoms with Gasteiger partial charge in [-0.05, 0) is 0 Å². The van der Waals surface area contributed by atoms with Crippen molar-refractivity contribution < 1.29 is 25.8 Å². The minimum atomic E-state index is 0. The Kier molecular flexibility index (Phi) is 42.3. The van der Waals surface area contributed by atoms with Crippen LogP contribution in [0, 0.1) is 13.8 Å². The van der Waals surface area contributed by atoms with Gasteiger partial charge in [-0.25, -0.2) is 0 Å². The minimum absolute atomic E-state index is 0. The fraction of sp³-hybridized carbons (Fsp3) is 0.750. The number of hydrogen-bond acceptors (Lipinski definition) is 0. The zero-order valence-electron chi connectivity index (χ0n) is 6.82. The second-order valence-electron chi connectivity index (χ2n) is 1.56. The van der Waals surface area contributed by atoms with Gasteiger partial charge < -0.3 is 13.8 Å². The first kappa shape index (κ1) is 16.5. The standard InChI is InChI=1S/C6H13.C2H5.Sc/c1-3-5-6-4-2;1-2;/h1,3-6H2,2H3;1H2,2H3;/q2*-1;. The molecule has 0 aliphatic rings. The summed E-state index contributed by atoms with van der Waals surface area (Å²) < 4.78 is 0. The van der Waals surface area contributed by atoms with Crippen molar-refractivity contribution >= 4 is 0 Å². The molecule has 0 aromatic rings. The van der Waals surface area contributed by atoms with Crippen LogP contribution in [0.1, 0.15) is 39.5 Å². The zero-order valence-corrected chi connectivity index (χ0v) is 8.62. The van der Waals surface area contributed by atoms with Gasteiger partial charge in [-0.1, -0.05) is 26.2 Å². The molecule has 0 fully saturated rings. The van der Waals surface area contributed by atoms with Crippen LogP contribution >= 0.6 is 0 Å². The molecule has 0 saturated carbocycles. The van der Waals surface area contributed by atoms with Crippen molar-refractivity contribution in [2.75, 3.05) is 0 Å². The van der Waals surface area contributed by atoms with Crippen LogP contribution in [-0.4, -0.2) is 0 Å². The van der Waals surface area contributed by atoms with Crippen LogP contribution in [0.15, 0.2) is 0 Å². The third-order valence-corrected chi connectivity index (χ3v) is 0.854. The topological polar surface area (TPSA) is 0 Å². The van der Waals surface area contributed by atoms with Gasteiger partial charge in [0.15, 0.2) is 0 Å². The Bertz CT molecular complexity index is 16.5. The van der Waals surface area contributed by atoms with Crippen LogP contribution in [-0.2, 0) is 25.8 Å². The summed E-state index contributed by atoms with van der Waals surface area (Å²) in [7, 11) is 0. The van der Waals surface area contributed by atoms with Crippen LogP contribution in [0.2, 0.25) is 0 Å². The molecule has 0 saturated heterocycles. The summed E-state index contributed by atoms with van der Waals surface area (Å²) in [5.41, 5.74) is 0. The molecular weight excluding hydrogens is 141 g/mol. The van der Waals surface area contributed by atoms with E-state index in [1.807, 2.05) is 0 Å². The summed E-state index contributed by atoms with van der Waals surface area (Å²) in [5, 5.41) is 0. The molecule has 0 unspecified atom stereocenters. The third-order valence-electron chi connectivity index (χ3n) is 0.854. The van der Waals surface area contributed by atoms with E-state index in [0.717, 1.165) is 6.42 Å². The average Bonchev–Trinajstić information content (AvgIpc) is 1.88. The molecule has 0 N–H and O–H groups in total. The Morgan fingerprint density at radius 3 is 1.67 bits per heavy atom. The summed E-state index contributed by atoms with van der Waals surface area (Å²) >= 11 is 0. The molecule has 0 nitrogen and oxygen atoms in total. The smallest absolute Gasteiger partial charge is 0 e. The Morgan fingerprint density at radius 2 is 1.56 bits per heavy atom. The Hall–Kier alpha value is 0.870. The first-order valence-electron chi connectivity index (χ1n) is 3.41. The van der Waals surface area contributed by atoms with Crippen molar-refractivity contribution in [2.24, 2.45) is 0 Å². The molecule has 55 valence electrons. The molecular formula is C8H18Sc-2. The van der Waals surface area contributed by atoms with Crippen molar-refractivity contribution in [3.63, 3.8) is 0 Å². The first-order chi connectivity index (χ1) is 3.91. The number of hydrogen-bond donors (Lipinski definition) is 0. The van der Waals surface area contributed by atoms with Crippen molar-refractivity contribution in [3.8, 4) is 0 Å². The van der Waals surface area contributed by atoms with Gasteiger partial charge in [0.2, 0.25) is 0 Å². The van der Waals surface area contributed by atoms with Crippen molar-refractivity contribution in [1.82, 2.24) is 0 Å². The molecule has 9 heavy (non-hydrogen) atoms. The quantitative estimate of drug-likeness (QED) is 0.438. The SMILES string of the molecule is [CH2-]C.[CH2-]CCCCC.[Sc]. The van der Waals surface area contributed by atoms with Crippen molar-refractivity contribution in [2.45, 2.75) is 39.5 Å². The van der Waals surface area contributed by atoms with E-state index in [1.54, 1.807) is 6.92 Å². The average molecular weight is 159 g/mol. The van der Waals surface area contributed by atoms with Crippen molar-refractivity contribution in [3.05, 3.63) is 13.8 Å². The maximum absolute atomic E-state index is 3.72. The predicted molar refractivity (Wildman–Crippen MR) is 40.5 cm³/mol. The minimum Gasteiger partial charge on any atom is -0.346 e. The number of unbranched alkanes of at least 4 members (excludes halogenated alkanes) is 3. The summed E-state index contributed by atoms with van der Waals surface area (Å²) in [5.74, 6) is 0. The van der Waals surface area contributed by atoms with Gasteiger partial charge in [-0.3, -0.25) is 0 Å². The van der Waals surface area contributed by atoms with E-state index in [4.69, 9.17) is 0 Å². The molecule has 0 aromatic carbocycles. The molecule has 0 aliphatic heterocycles. The Morgan fingerprint density at radius 1 is 1.11 bits per heavy atom. The second kappa shape index (κ2) is 23.2. The monoisotopic (exact) mass is 159 g/mol. The summed E-state index contributed by atoms with van der Waals surface area (Å²) in [6.07, 6.45) is 5.07. The van der Waals surface area contributed by atoms with Crippen LogP contribution < -0.4 is 0 Å². The van der Waals surface area contributed by atoms with Gasteiger partial charge in [0.25, 0.3) is 0 Å². The third kappa shape index (κ3) is 28.0. The first-order valence-corrected chi connectivity index (χ1v) is 3.41. The van der Waals surface area contributed by atoms with Crippen LogP contribution in [0.3, 0.4) is 0 Å². The van der Waals surface area contributed by atoms with E-state index in [-0.39, 0.29) is 25.8 Å². The van der Waals surface area contributed by atoms with Gasteiger partial charge in [-0.15, -0.1) is 0 Å². The maximum atomic E-state index is 3.72. The van der Waals surface area contributed by atoms with E-state index < -0.39 is 0 Å². The summed E-state index contributed by atoms with van der Waals surface area (Å²) in [6, 6.07) is 0. The van der Waals surface area contributed by atoms with Crippen molar-refractivity contribution in [1.29, 1.82) is 0 Å². The van der Waals surface area contributed by atoms with Gasteiger partial charge >= 0.3 is 0 Å². The summed E-state index contributed by atoms with van der Waals surface area (Å²) in [4.78, 5) is 0. The van der Waals surface area contributed by atoms with E-state index in [1.165, 1.54) is 19.3 Å². The fourth-order valence-electron chi connectivity index (χ4n) is 0.427. The molecule has 0 aliphatic carbocycles. The van der Waals surface area contributed by atoms with Crippen LogP contribution in [0.25, 0.3) is 0 Å². The fourth-order valence-corrected chi connectivity index (χ4v) is 0.427. The molecule has 0 bridgehead atoms. The Balaban J connectivity index is -0.000000109.